The van der Waals surface area contributed by atoms with Gasteiger partial charge in [-0.25, -0.2) is 9.97 Å². The number of alkyl halides is 3. The molecule has 200 valence electrons. The number of rotatable bonds is 8. The number of nitrogen functional groups attached to an aromatic ring is 1. The fourth-order valence-electron chi connectivity index (χ4n) is 4.05. The number of carbonyl (C=O) groups excluding carboxylic acids is 1. The van der Waals surface area contributed by atoms with E-state index in [4.69, 9.17) is 5.73 Å². The number of piperazine rings is 1. The van der Waals surface area contributed by atoms with Crippen molar-refractivity contribution in [2.24, 2.45) is 0 Å². The van der Waals surface area contributed by atoms with E-state index in [0.29, 0.717) is 43.5 Å². The second kappa shape index (κ2) is 10.9. The number of pyridine rings is 2. The van der Waals surface area contributed by atoms with Crippen LogP contribution in [0.4, 0.5) is 42.0 Å². The van der Waals surface area contributed by atoms with Crippen LogP contribution < -0.4 is 21.3 Å². The summed E-state index contributed by atoms with van der Waals surface area (Å²) in [6, 6.07) is 11.0. The first-order valence-electron chi connectivity index (χ1n) is 11.6. The Labute approximate surface area is 215 Å². The first-order chi connectivity index (χ1) is 18.0. The molecule has 1 fully saturated rings. The molecule has 1 saturated heterocycles. The number of nitrogens with two attached hydrogens (primary N) is 1. The minimum atomic E-state index is -4.62. The van der Waals surface area contributed by atoms with Crippen molar-refractivity contribution < 1.29 is 22.9 Å². The first kappa shape index (κ1) is 26.6. The minimum absolute atomic E-state index is 0.0404. The molecule has 38 heavy (non-hydrogen) atoms. The van der Waals surface area contributed by atoms with Crippen LogP contribution in [-0.2, 0) is 11.0 Å². The van der Waals surface area contributed by atoms with Crippen molar-refractivity contribution in [1.82, 2.24) is 14.9 Å². The van der Waals surface area contributed by atoms with Crippen molar-refractivity contribution in [2.45, 2.75) is 6.18 Å². The molecule has 0 aliphatic carbocycles. The molecule has 4 N–H and O–H groups in total. The van der Waals surface area contributed by atoms with E-state index in [0.717, 1.165) is 6.07 Å². The number of benzene rings is 1. The molecule has 4 rings (SSSR count). The first-order valence-corrected chi connectivity index (χ1v) is 11.6. The highest BCUT2D eigenvalue weighted by molar-refractivity contribution is 5.99. The molecule has 0 unspecified atom stereocenters. The zero-order valence-electron chi connectivity index (χ0n) is 20.3. The van der Waals surface area contributed by atoms with Gasteiger partial charge >= 0.3 is 11.9 Å². The van der Waals surface area contributed by atoms with E-state index in [2.05, 4.69) is 20.6 Å². The summed E-state index contributed by atoms with van der Waals surface area (Å²) in [7, 11) is 1.80. The van der Waals surface area contributed by atoms with Gasteiger partial charge in [0.05, 0.1) is 28.4 Å². The van der Waals surface area contributed by atoms with Crippen molar-refractivity contribution in [1.29, 1.82) is 0 Å². The van der Waals surface area contributed by atoms with E-state index in [1.807, 2.05) is 4.90 Å². The number of anilines is 4. The zero-order chi connectivity index (χ0) is 27.4. The smallest absolute Gasteiger partial charge is 0.378 e. The third-order valence-corrected chi connectivity index (χ3v) is 5.90. The SMILES string of the molecule is CN1CCN(c2ccc(NCCNc3ccc([N+](=O)[O-])c(N)n3)nc2-c2ccccc2C(F)(F)F)C(=O)C1. The van der Waals surface area contributed by atoms with Gasteiger partial charge < -0.3 is 21.3 Å². The molecule has 1 amide bonds. The topological polar surface area (TPSA) is 143 Å². The fraction of sp³-hybridized carbons (Fsp3) is 0.292. The largest absolute Gasteiger partial charge is 0.417 e. The van der Waals surface area contributed by atoms with Crippen molar-refractivity contribution in [3.05, 3.63) is 64.2 Å². The summed E-state index contributed by atoms with van der Waals surface area (Å²) in [6.07, 6.45) is -4.62. The van der Waals surface area contributed by atoms with Gasteiger partial charge in [-0.15, -0.1) is 0 Å². The predicted molar refractivity (Wildman–Crippen MR) is 137 cm³/mol. The molecule has 3 heterocycles. The highest BCUT2D eigenvalue weighted by Gasteiger charge is 2.35. The molecular weight excluding hydrogens is 505 g/mol. The number of nitro groups is 1. The molecule has 11 nitrogen and oxygen atoms in total. The average Bonchev–Trinajstić information content (AvgIpc) is 2.86. The molecule has 2 aromatic heterocycles. The quantitative estimate of drug-likeness (QED) is 0.227. The predicted octanol–water partition coefficient (Wildman–Crippen LogP) is 3.46. The standard InChI is InChI=1S/C24H25F3N8O3/c1-33-12-13-34(21(36)14-33)17-6-8-19(31-22(17)15-4-2-3-5-16(15)24(25,26)27)29-10-11-30-20-9-7-18(35(37)38)23(28)32-20/h2-9H,10-14H2,1H3,(H,29,31)(H3,28,30,32). The van der Waals surface area contributed by atoms with Gasteiger partial charge in [-0.3, -0.25) is 19.8 Å². The van der Waals surface area contributed by atoms with Gasteiger partial charge in [0.2, 0.25) is 11.7 Å². The molecule has 14 heteroatoms. The summed E-state index contributed by atoms with van der Waals surface area (Å²) in [5.74, 6) is 0.176. The molecule has 0 bridgehead atoms. The third-order valence-electron chi connectivity index (χ3n) is 5.90. The number of aromatic nitrogens is 2. The van der Waals surface area contributed by atoms with Crippen LogP contribution >= 0.6 is 0 Å². The number of hydrogen-bond donors (Lipinski definition) is 3. The van der Waals surface area contributed by atoms with E-state index in [1.165, 1.54) is 35.2 Å². The van der Waals surface area contributed by atoms with Gasteiger partial charge in [0.25, 0.3) is 0 Å². The number of halogens is 3. The number of likely N-dealkylation sites (N-methyl/N-ethyl adjacent to an activating group) is 1. The maximum atomic E-state index is 13.9. The Morgan fingerprint density at radius 3 is 2.32 bits per heavy atom. The van der Waals surface area contributed by atoms with Gasteiger partial charge in [0.1, 0.15) is 11.6 Å². The lowest BCUT2D eigenvalue weighted by molar-refractivity contribution is -0.384. The lowest BCUT2D eigenvalue weighted by Gasteiger charge is -2.33. The van der Waals surface area contributed by atoms with Gasteiger partial charge in [-0.05, 0) is 31.3 Å². The molecule has 1 aliphatic rings. The molecule has 0 atom stereocenters. The van der Waals surface area contributed by atoms with Crippen molar-refractivity contribution in [2.75, 3.05) is 61.0 Å². The second-order valence-corrected chi connectivity index (χ2v) is 8.60. The van der Waals surface area contributed by atoms with E-state index in [-0.39, 0.29) is 35.2 Å². The maximum Gasteiger partial charge on any atom is 0.417 e. The van der Waals surface area contributed by atoms with Crippen LogP contribution in [0.5, 0.6) is 0 Å². The number of carbonyl (C=O) groups is 1. The van der Waals surface area contributed by atoms with Crippen LogP contribution in [0.1, 0.15) is 5.56 Å². The monoisotopic (exact) mass is 530 g/mol. The van der Waals surface area contributed by atoms with Crippen LogP contribution in [-0.4, -0.2) is 65.5 Å². The normalized spacial score (nSPS) is 14.4. The Hall–Kier alpha value is -4.46. The number of nitrogens with zero attached hydrogens (tertiary/aromatic N) is 5. The fourth-order valence-corrected chi connectivity index (χ4v) is 4.05. The van der Waals surface area contributed by atoms with Gasteiger partial charge in [0.15, 0.2) is 0 Å². The van der Waals surface area contributed by atoms with Gasteiger partial charge in [-0.1, -0.05) is 18.2 Å². The summed E-state index contributed by atoms with van der Waals surface area (Å²) in [5, 5.41) is 16.9. The van der Waals surface area contributed by atoms with Crippen LogP contribution in [0.25, 0.3) is 11.3 Å². The molecule has 0 radical (unpaired) electrons. The van der Waals surface area contributed by atoms with Crippen molar-refractivity contribution >= 4 is 34.7 Å². The lowest BCUT2D eigenvalue weighted by Crippen LogP contribution is -2.49. The van der Waals surface area contributed by atoms with E-state index < -0.39 is 16.7 Å². The summed E-state index contributed by atoms with van der Waals surface area (Å²) in [6.45, 7) is 1.63. The molecule has 1 aromatic carbocycles. The minimum Gasteiger partial charge on any atom is -0.378 e. The summed E-state index contributed by atoms with van der Waals surface area (Å²) >= 11 is 0. The van der Waals surface area contributed by atoms with Crippen LogP contribution in [0.2, 0.25) is 0 Å². The van der Waals surface area contributed by atoms with Crippen LogP contribution in [0.3, 0.4) is 0 Å². The summed E-state index contributed by atoms with van der Waals surface area (Å²) < 4.78 is 41.6. The Morgan fingerprint density at radius 1 is 1.03 bits per heavy atom. The van der Waals surface area contributed by atoms with Crippen LogP contribution in [0.15, 0.2) is 48.5 Å². The maximum absolute atomic E-state index is 13.9. The molecule has 3 aromatic rings. The van der Waals surface area contributed by atoms with Crippen molar-refractivity contribution in [3.63, 3.8) is 0 Å². The number of hydrogen-bond acceptors (Lipinski definition) is 9. The Bertz CT molecular complexity index is 1350. The number of amides is 1. The highest BCUT2D eigenvalue weighted by atomic mass is 19.4. The lowest BCUT2D eigenvalue weighted by atomic mass is 10.0. The molecule has 1 aliphatic heterocycles. The Morgan fingerprint density at radius 2 is 1.68 bits per heavy atom. The summed E-state index contributed by atoms with van der Waals surface area (Å²) in [5.41, 5.74) is 4.65. The van der Waals surface area contributed by atoms with E-state index in [9.17, 15) is 28.1 Å². The third kappa shape index (κ3) is 5.91. The highest BCUT2D eigenvalue weighted by Crippen LogP contribution is 2.40. The molecule has 0 spiro atoms. The second-order valence-electron chi connectivity index (χ2n) is 8.60. The molecular formula is C24H25F3N8O3. The zero-order valence-corrected chi connectivity index (χ0v) is 20.3. The van der Waals surface area contributed by atoms with Crippen molar-refractivity contribution in [3.8, 4) is 11.3 Å². The van der Waals surface area contributed by atoms with Gasteiger partial charge in [-0.2, -0.15) is 13.2 Å². The molecule has 0 saturated carbocycles. The van der Waals surface area contributed by atoms with Crippen LogP contribution in [0, 0.1) is 10.1 Å². The van der Waals surface area contributed by atoms with E-state index in [1.54, 1.807) is 19.2 Å². The Balaban J connectivity index is 1.57. The average molecular weight is 531 g/mol. The van der Waals surface area contributed by atoms with E-state index >= 15 is 0 Å². The summed E-state index contributed by atoms with van der Waals surface area (Å²) in [4.78, 5) is 34.7. The van der Waals surface area contributed by atoms with Gasteiger partial charge in [0, 0.05) is 37.8 Å². The number of nitrogens with one attached hydrogen (secondary N) is 2. The Kier molecular flexibility index (Phi) is 7.62.